The Morgan fingerprint density at radius 3 is 2.86 bits per heavy atom. The molecule has 6 heteroatoms. The molecule has 0 unspecified atom stereocenters. The molecule has 1 aromatic carbocycles. The average Bonchev–Trinajstić information content (AvgIpc) is 2.82. The molecule has 22 heavy (non-hydrogen) atoms. The number of benzene rings is 1. The standard InChI is InChI=1S/C16H20N4O2/c1-9(2)7-20-8-11-10(4-6-13(20)21)3-5-12-14(11)15(16(17)22)19-18-12/h3,5,9H,4,6-8H2,1-2H3,(H2,17,22)(H,18,19). The number of carbonyl (C=O) groups excluding carboxylic acids is 2. The minimum atomic E-state index is -0.550. The fraction of sp³-hybridized carbons (Fsp3) is 0.438. The molecule has 6 nitrogen and oxygen atoms in total. The highest BCUT2D eigenvalue weighted by Crippen LogP contribution is 2.29. The molecule has 0 radical (unpaired) electrons. The van der Waals surface area contributed by atoms with E-state index in [0.717, 1.165) is 22.0 Å². The first-order valence-corrected chi connectivity index (χ1v) is 7.53. The van der Waals surface area contributed by atoms with E-state index in [1.54, 1.807) is 0 Å². The van der Waals surface area contributed by atoms with E-state index >= 15 is 0 Å². The Labute approximate surface area is 128 Å². The molecule has 2 heterocycles. The molecule has 116 valence electrons. The second-order valence-electron chi connectivity index (χ2n) is 6.23. The quantitative estimate of drug-likeness (QED) is 0.901. The maximum absolute atomic E-state index is 12.3. The summed E-state index contributed by atoms with van der Waals surface area (Å²) in [5.74, 6) is -0.00235. The maximum Gasteiger partial charge on any atom is 0.269 e. The SMILES string of the molecule is CC(C)CN1Cc2c(ccc3[nH]nc(C(N)=O)c23)CCC1=O. The number of aromatic amines is 1. The number of primary amides is 1. The van der Waals surface area contributed by atoms with Crippen LogP contribution < -0.4 is 5.73 Å². The van der Waals surface area contributed by atoms with Crippen molar-refractivity contribution in [3.63, 3.8) is 0 Å². The van der Waals surface area contributed by atoms with Gasteiger partial charge in [0.1, 0.15) is 0 Å². The predicted molar refractivity (Wildman–Crippen MR) is 83.2 cm³/mol. The molecular weight excluding hydrogens is 280 g/mol. The van der Waals surface area contributed by atoms with E-state index in [9.17, 15) is 9.59 Å². The number of amides is 2. The third kappa shape index (κ3) is 2.45. The van der Waals surface area contributed by atoms with E-state index in [-0.39, 0.29) is 11.6 Å². The van der Waals surface area contributed by atoms with E-state index in [4.69, 9.17) is 5.73 Å². The number of nitrogens with zero attached hydrogens (tertiary/aromatic N) is 2. The number of aromatic nitrogens is 2. The topological polar surface area (TPSA) is 92.1 Å². The molecule has 2 amide bonds. The number of aryl methyl sites for hydroxylation is 1. The second kappa shape index (κ2) is 5.44. The van der Waals surface area contributed by atoms with Crippen LogP contribution >= 0.6 is 0 Å². The predicted octanol–water partition coefficient (Wildman–Crippen LogP) is 1.59. The van der Waals surface area contributed by atoms with Crippen LogP contribution in [0.3, 0.4) is 0 Å². The fourth-order valence-corrected chi connectivity index (χ4v) is 3.11. The van der Waals surface area contributed by atoms with Crippen molar-refractivity contribution in [2.24, 2.45) is 11.7 Å². The van der Waals surface area contributed by atoms with Gasteiger partial charge in [0.2, 0.25) is 5.91 Å². The number of hydrogen-bond donors (Lipinski definition) is 2. The Bertz CT molecular complexity index is 748. The summed E-state index contributed by atoms with van der Waals surface area (Å²) in [6.07, 6.45) is 1.18. The van der Waals surface area contributed by atoms with E-state index in [1.165, 1.54) is 0 Å². The molecular formula is C16H20N4O2. The highest BCUT2D eigenvalue weighted by atomic mass is 16.2. The zero-order valence-corrected chi connectivity index (χ0v) is 12.8. The van der Waals surface area contributed by atoms with Gasteiger partial charge >= 0.3 is 0 Å². The molecule has 0 bridgehead atoms. The minimum Gasteiger partial charge on any atom is -0.364 e. The van der Waals surface area contributed by atoms with Gasteiger partial charge in [0, 0.05) is 24.9 Å². The lowest BCUT2D eigenvalue weighted by atomic mass is 9.98. The Morgan fingerprint density at radius 1 is 1.41 bits per heavy atom. The number of hydrogen-bond acceptors (Lipinski definition) is 3. The number of carbonyl (C=O) groups is 2. The zero-order chi connectivity index (χ0) is 15.9. The van der Waals surface area contributed by atoms with Crippen molar-refractivity contribution in [2.75, 3.05) is 6.54 Å². The molecule has 1 aliphatic rings. The fourth-order valence-electron chi connectivity index (χ4n) is 3.11. The summed E-state index contributed by atoms with van der Waals surface area (Å²) in [5.41, 5.74) is 8.56. The lowest BCUT2D eigenvalue weighted by Crippen LogP contribution is -2.32. The Morgan fingerprint density at radius 2 is 2.18 bits per heavy atom. The monoisotopic (exact) mass is 300 g/mol. The smallest absolute Gasteiger partial charge is 0.269 e. The van der Waals surface area contributed by atoms with E-state index < -0.39 is 5.91 Å². The van der Waals surface area contributed by atoms with Crippen LogP contribution in [0.2, 0.25) is 0 Å². The van der Waals surface area contributed by atoms with Crippen molar-refractivity contribution in [3.8, 4) is 0 Å². The van der Waals surface area contributed by atoms with Crippen LogP contribution in [-0.2, 0) is 17.8 Å². The first-order valence-electron chi connectivity index (χ1n) is 7.53. The first-order chi connectivity index (χ1) is 10.5. The van der Waals surface area contributed by atoms with Crippen molar-refractivity contribution in [1.82, 2.24) is 15.1 Å². The first kappa shape index (κ1) is 14.6. The molecule has 0 atom stereocenters. The molecule has 2 aromatic rings. The van der Waals surface area contributed by atoms with Gasteiger partial charge in [-0.05, 0) is 29.5 Å². The van der Waals surface area contributed by atoms with Gasteiger partial charge in [0.05, 0.1) is 5.52 Å². The number of rotatable bonds is 3. The van der Waals surface area contributed by atoms with Crippen molar-refractivity contribution in [3.05, 3.63) is 29.0 Å². The summed E-state index contributed by atoms with van der Waals surface area (Å²) in [6, 6.07) is 3.91. The van der Waals surface area contributed by atoms with Gasteiger partial charge < -0.3 is 10.6 Å². The molecule has 1 aliphatic heterocycles. The second-order valence-corrected chi connectivity index (χ2v) is 6.23. The summed E-state index contributed by atoms with van der Waals surface area (Å²) in [4.78, 5) is 25.8. The molecule has 0 saturated carbocycles. The van der Waals surface area contributed by atoms with Crippen molar-refractivity contribution in [2.45, 2.75) is 33.2 Å². The normalized spacial score (nSPS) is 15.2. The minimum absolute atomic E-state index is 0.155. The summed E-state index contributed by atoms with van der Waals surface area (Å²) in [7, 11) is 0. The Kier molecular flexibility index (Phi) is 3.60. The molecule has 0 fully saturated rings. The van der Waals surface area contributed by atoms with Crippen LogP contribution in [0.15, 0.2) is 12.1 Å². The van der Waals surface area contributed by atoms with Crippen LogP contribution in [0.5, 0.6) is 0 Å². The van der Waals surface area contributed by atoms with E-state index in [1.807, 2.05) is 17.0 Å². The third-order valence-electron chi connectivity index (χ3n) is 4.06. The summed E-state index contributed by atoms with van der Waals surface area (Å²) < 4.78 is 0. The van der Waals surface area contributed by atoms with Crippen LogP contribution in [0, 0.1) is 5.92 Å². The van der Waals surface area contributed by atoms with Crippen LogP contribution in [0.25, 0.3) is 10.9 Å². The molecule has 0 saturated heterocycles. The zero-order valence-electron chi connectivity index (χ0n) is 12.8. The Hall–Kier alpha value is -2.37. The third-order valence-corrected chi connectivity index (χ3v) is 4.06. The van der Waals surface area contributed by atoms with Gasteiger partial charge in [-0.1, -0.05) is 19.9 Å². The van der Waals surface area contributed by atoms with Gasteiger partial charge in [-0.15, -0.1) is 0 Å². The molecule has 3 rings (SSSR count). The molecule has 3 N–H and O–H groups in total. The number of nitrogens with two attached hydrogens (primary N) is 1. The van der Waals surface area contributed by atoms with Gasteiger partial charge in [0.15, 0.2) is 5.69 Å². The van der Waals surface area contributed by atoms with Gasteiger partial charge in [0.25, 0.3) is 5.91 Å². The van der Waals surface area contributed by atoms with Crippen molar-refractivity contribution in [1.29, 1.82) is 0 Å². The van der Waals surface area contributed by atoms with E-state index in [0.29, 0.717) is 31.8 Å². The number of H-pyrrole nitrogens is 1. The highest BCUT2D eigenvalue weighted by molar-refractivity contribution is 6.05. The highest BCUT2D eigenvalue weighted by Gasteiger charge is 2.25. The van der Waals surface area contributed by atoms with Gasteiger partial charge in [-0.25, -0.2) is 0 Å². The Balaban J connectivity index is 2.14. The van der Waals surface area contributed by atoms with Gasteiger partial charge in [-0.3, -0.25) is 14.7 Å². The molecule has 0 aliphatic carbocycles. The van der Waals surface area contributed by atoms with Crippen molar-refractivity contribution < 1.29 is 9.59 Å². The van der Waals surface area contributed by atoms with Crippen LogP contribution in [0.1, 0.15) is 41.9 Å². The molecule has 1 aromatic heterocycles. The largest absolute Gasteiger partial charge is 0.364 e. The summed E-state index contributed by atoms with van der Waals surface area (Å²) in [5, 5.41) is 7.65. The molecule has 0 spiro atoms. The van der Waals surface area contributed by atoms with Crippen LogP contribution in [0.4, 0.5) is 0 Å². The van der Waals surface area contributed by atoms with Gasteiger partial charge in [-0.2, -0.15) is 5.10 Å². The maximum atomic E-state index is 12.3. The van der Waals surface area contributed by atoms with E-state index in [2.05, 4.69) is 24.0 Å². The summed E-state index contributed by atoms with van der Waals surface area (Å²) in [6.45, 7) is 5.39. The average molecular weight is 300 g/mol. The number of fused-ring (bicyclic) bond motifs is 3. The number of nitrogens with one attached hydrogen (secondary N) is 1. The lowest BCUT2D eigenvalue weighted by molar-refractivity contribution is -0.132. The summed E-state index contributed by atoms with van der Waals surface area (Å²) >= 11 is 0. The van der Waals surface area contributed by atoms with Crippen molar-refractivity contribution >= 4 is 22.7 Å². The van der Waals surface area contributed by atoms with Crippen LogP contribution in [-0.4, -0.2) is 33.5 Å². The lowest BCUT2D eigenvalue weighted by Gasteiger charge is -2.23.